The third-order valence-corrected chi connectivity index (χ3v) is 6.97. The third-order valence-electron chi connectivity index (χ3n) is 6.16. The van der Waals surface area contributed by atoms with Crippen molar-refractivity contribution in [1.82, 2.24) is 9.88 Å². The molecule has 0 bridgehead atoms. The van der Waals surface area contributed by atoms with Crippen LogP contribution >= 0.6 is 7.60 Å². The van der Waals surface area contributed by atoms with Gasteiger partial charge in [0.2, 0.25) is 0 Å². The number of carbonyl (C=O) groups excluding carboxylic acids is 2. The maximum Gasteiger partial charge on any atom is 0.408 e. The standard InChI is InChI=1S/C27H41N2O6P/c1-26(2,3)35-25(31)28-27(4,19-20-36(32,33)34)18-17-22-15-16-23(29(22)5)24(30)14-10-9-13-21-11-7-6-8-12-21/h6-8,11-12,15-16H,9-10,13-14,17-20H2,1-5H3,(H,28,31)(H2,32,33,34)/t27-/m0/s1. The van der Waals surface area contributed by atoms with Crippen LogP contribution in [0.25, 0.3) is 0 Å². The number of ether oxygens (including phenoxy) is 1. The van der Waals surface area contributed by atoms with Gasteiger partial charge in [-0.05, 0) is 83.9 Å². The van der Waals surface area contributed by atoms with Crippen molar-refractivity contribution in [3.63, 3.8) is 0 Å². The molecule has 1 heterocycles. The Kier molecular flexibility index (Phi) is 10.5. The smallest absolute Gasteiger partial charge is 0.408 e. The number of amides is 1. The SMILES string of the molecule is Cn1c(CC[C@@](C)(CCP(=O)(O)O)NC(=O)OC(C)(C)C)ccc1C(=O)CCCCc1ccccc1. The lowest BCUT2D eigenvalue weighted by Gasteiger charge is -2.32. The van der Waals surface area contributed by atoms with Crippen LogP contribution in [0, 0.1) is 0 Å². The molecule has 3 N–H and O–H groups in total. The van der Waals surface area contributed by atoms with Gasteiger partial charge in [-0.1, -0.05) is 30.3 Å². The molecule has 2 rings (SSSR count). The van der Waals surface area contributed by atoms with Gasteiger partial charge in [0.1, 0.15) is 5.60 Å². The first-order valence-electron chi connectivity index (χ1n) is 12.4. The zero-order valence-corrected chi connectivity index (χ0v) is 23.0. The van der Waals surface area contributed by atoms with Crippen LogP contribution in [-0.2, 0) is 29.2 Å². The van der Waals surface area contributed by atoms with E-state index in [2.05, 4.69) is 17.4 Å². The van der Waals surface area contributed by atoms with Crippen LogP contribution in [0.3, 0.4) is 0 Å². The molecule has 0 radical (unpaired) electrons. The molecule has 1 atom stereocenters. The normalized spacial score (nSPS) is 13.8. The van der Waals surface area contributed by atoms with E-state index in [9.17, 15) is 23.9 Å². The van der Waals surface area contributed by atoms with Crippen molar-refractivity contribution in [1.29, 1.82) is 0 Å². The molecule has 2 aromatic rings. The highest BCUT2D eigenvalue weighted by Crippen LogP contribution is 2.37. The Bertz CT molecular complexity index is 1050. The van der Waals surface area contributed by atoms with Gasteiger partial charge in [-0.25, -0.2) is 4.79 Å². The largest absolute Gasteiger partial charge is 0.444 e. The number of hydrogen-bond donors (Lipinski definition) is 3. The molecule has 8 nitrogen and oxygen atoms in total. The van der Waals surface area contributed by atoms with Crippen LogP contribution in [0.5, 0.6) is 0 Å². The minimum absolute atomic E-state index is 0.0907. The third kappa shape index (κ3) is 10.7. The maximum absolute atomic E-state index is 12.8. The summed E-state index contributed by atoms with van der Waals surface area (Å²) in [6.07, 6.45) is 3.24. The van der Waals surface area contributed by atoms with Crippen molar-refractivity contribution < 1.29 is 28.7 Å². The Morgan fingerprint density at radius 2 is 1.64 bits per heavy atom. The first-order chi connectivity index (χ1) is 16.7. The Balaban J connectivity index is 1.98. The number of nitrogens with one attached hydrogen (secondary N) is 1. The number of aryl methyl sites for hydroxylation is 2. The zero-order valence-electron chi connectivity index (χ0n) is 22.1. The molecule has 0 saturated heterocycles. The Labute approximate surface area is 214 Å². The minimum Gasteiger partial charge on any atom is -0.444 e. The van der Waals surface area contributed by atoms with Gasteiger partial charge < -0.3 is 24.4 Å². The fourth-order valence-electron chi connectivity index (χ4n) is 4.07. The molecule has 9 heteroatoms. The quantitative estimate of drug-likeness (QED) is 0.185. The molecule has 0 aliphatic heterocycles. The van der Waals surface area contributed by atoms with E-state index >= 15 is 0 Å². The number of benzene rings is 1. The van der Waals surface area contributed by atoms with Gasteiger partial charge in [-0.2, -0.15) is 0 Å². The molecule has 0 spiro atoms. The van der Waals surface area contributed by atoms with Crippen LogP contribution in [0.2, 0.25) is 0 Å². The van der Waals surface area contributed by atoms with E-state index in [1.807, 2.05) is 41.9 Å². The topological polar surface area (TPSA) is 118 Å². The van der Waals surface area contributed by atoms with E-state index in [0.29, 0.717) is 25.0 Å². The van der Waals surface area contributed by atoms with Gasteiger partial charge in [-0.15, -0.1) is 0 Å². The van der Waals surface area contributed by atoms with E-state index < -0.39 is 24.8 Å². The van der Waals surface area contributed by atoms with Gasteiger partial charge in [0, 0.05) is 24.7 Å². The van der Waals surface area contributed by atoms with E-state index in [0.717, 1.165) is 25.0 Å². The Morgan fingerprint density at radius 1 is 0.972 bits per heavy atom. The summed E-state index contributed by atoms with van der Waals surface area (Å²) in [5.74, 6) is 0.0907. The maximum atomic E-state index is 12.8. The first kappa shape index (κ1) is 29.8. The fraction of sp³-hybridized carbons (Fsp3) is 0.556. The lowest BCUT2D eigenvalue weighted by molar-refractivity contribution is 0.0454. The highest BCUT2D eigenvalue weighted by atomic mass is 31.2. The number of alkyl carbamates (subject to hydrolysis) is 1. The van der Waals surface area contributed by atoms with Gasteiger partial charge in [0.25, 0.3) is 0 Å². The van der Waals surface area contributed by atoms with Crippen molar-refractivity contribution >= 4 is 19.5 Å². The minimum atomic E-state index is -4.24. The molecule has 0 fully saturated rings. The lowest BCUT2D eigenvalue weighted by atomic mass is 9.92. The van der Waals surface area contributed by atoms with Crippen molar-refractivity contribution in [2.24, 2.45) is 7.05 Å². The van der Waals surface area contributed by atoms with Crippen LogP contribution in [0.4, 0.5) is 4.79 Å². The average Bonchev–Trinajstić information content (AvgIpc) is 3.13. The van der Waals surface area contributed by atoms with Crippen molar-refractivity contribution in [3.05, 3.63) is 59.4 Å². The summed E-state index contributed by atoms with van der Waals surface area (Å²) >= 11 is 0. The molecular formula is C27H41N2O6P. The fourth-order valence-corrected chi connectivity index (χ4v) is 4.85. The van der Waals surface area contributed by atoms with Gasteiger partial charge in [-0.3, -0.25) is 9.36 Å². The molecule has 1 amide bonds. The molecule has 36 heavy (non-hydrogen) atoms. The zero-order chi connectivity index (χ0) is 27.0. The summed E-state index contributed by atoms with van der Waals surface area (Å²) in [6, 6.07) is 13.9. The second-order valence-electron chi connectivity index (χ2n) is 10.7. The molecule has 0 saturated carbocycles. The first-order valence-corrected chi connectivity index (χ1v) is 14.2. The van der Waals surface area contributed by atoms with Gasteiger partial charge in [0.05, 0.1) is 11.9 Å². The Hall–Kier alpha value is -2.41. The van der Waals surface area contributed by atoms with Crippen molar-refractivity contribution in [3.8, 4) is 0 Å². The predicted molar refractivity (Wildman–Crippen MR) is 141 cm³/mol. The molecule has 0 aliphatic rings. The molecule has 1 aromatic heterocycles. The number of ketones is 1. The molecule has 0 aliphatic carbocycles. The van der Waals surface area contributed by atoms with Crippen molar-refractivity contribution in [2.75, 3.05) is 6.16 Å². The summed E-state index contributed by atoms with van der Waals surface area (Å²) in [5, 5.41) is 2.81. The highest BCUT2D eigenvalue weighted by molar-refractivity contribution is 7.51. The number of Topliss-reactive ketones (excluding diaryl/α,β-unsaturated/α-hetero) is 1. The number of rotatable bonds is 13. The van der Waals surface area contributed by atoms with E-state index in [4.69, 9.17) is 4.74 Å². The Morgan fingerprint density at radius 3 is 2.25 bits per heavy atom. The van der Waals surface area contributed by atoms with E-state index in [1.54, 1.807) is 27.7 Å². The van der Waals surface area contributed by atoms with Crippen molar-refractivity contribution in [2.45, 2.75) is 83.8 Å². The number of aromatic nitrogens is 1. The number of carbonyl (C=O) groups is 2. The monoisotopic (exact) mass is 520 g/mol. The second kappa shape index (κ2) is 12.7. The summed E-state index contributed by atoms with van der Waals surface area (Å²) in [6.45, 7) is 7.02. The van der Waals surface area contributed by atoms with Crippen LogP contribution < -0.4 is 5.32 Å². The highest BCUT2D eigenvalue weighted by Gasteiger charge is 2.31. The number of nitrogens with zero attached hydrogens (tertiary/aromatic N) is 1. The average molecular weight is 521 g/mol. The van der Waals surface area contributed by atoms with E-state index in [1.165, 1.54) is 5.56 Å². The number of unbranched alkanes of at least 4 members (excludes halogenated alkanes) is 1. The number of hydrogen-bond acceptors (Lipinski definition) is 4. The molecule has 1 aromatic carbocycles. The molecule has 0 unspecified atom stereocenters. The van der Waals surface area contributed by atoms with Crippen LogP contribution in [0.15, 0.2) is 42.5 Å². The predicted octanol–water partition coefficient (Wildman–Crippen LogP) is 5.40. The van der Waals surface area contributed by atoms with Crippen LogP contribution in [-0.4, -0.2) is 43.5 Å². The summed E-state index contributed by atoms with van der Waals surface area (Å²) < 4.78 is 18.7. The summed E-state index contributed by atoms with van der Waals surface area (Å²) in [4.78, 5) is 44.0. The van der Waals surface area contributed by atoms with Gasteiger partial charge >= 0.3 is 13.7 Å². The van der Waals surface area contributed by atoms with Gasteiger partial charge in [0.15, 0.2) is 5.78 Å². The summed E-state index contributed by atoms with van der Waals surface area (Å²) in [7, 11) is -2.39. The lowest BCUT2D eigenvalue weighted by Crippen LogP contribution is -2.48. The van der Waals surface area contributed by atoms with E-state index in [-0.39, 0.29) is 18.4 Å². The summed E-state index contributed by atoms with van der Waals surface area (Å²) in [5.41, 5.74) is 1.24. The van der Waals surface area contributed by atoms with Crippen LogP contribution in [0.1, 0.15) is 81.5 Å². The molecule has 200 valence electrons. The second-order valence-corrected chi connectivity index (χ2v) is 12.5. The molecular weight excluding hydrogens is 479 g/mol.